The van der Waals surface area contributed by atoms with E-state index in [0.717, 1.165) is 24.1 Å². The van der Waals surface area contributed by atoms with Crippen molar-refractivity contribution in [3.05, 3.63) is 29.8 Å². The van der Waals surface area contributed by atoms with Gasteiger partial charge < -0.3 is 14.9 Å². The maximum atomic E-state index is 12.9. The van der Waals surface area contributed by atoms with Crippen LogP contribution in [0.5, 0.6) is 0 Å². The molecule has 2 atom stereocenters. The number of benzene rings is 1. The van der Waals surface area contributed by atoms with Crippen LogP contribution in [0.1, 0.15) is 38.7 Å². The van der Waals surface area contributed by atoms with Crippen molar-refractivity contribution in [2.45, 2.75) is 51.7 Å². The maximum absolute atomic E-state index is 12.9. The lowest BCUT2D eigenvalue weighted by atomic mass is 9.95. The van der Waals surface area contributed by atoms with E-state index in [1.54, 1.807) is 23.6 Å². The number of aryl methyl sites for hydroxylation is 1. The summed E-state index contributed by atoms with van der Waals surface area (Å²) in [6.07, 6.45) is 1.97. The normalized spacial score (nSPS) is 24.8. The van der Waals surface area contributed by atoms with Crippen LogP contribution in [0.3, 0.4) is 0 Å². The summed E-state index contributed by atoms with van der Waals surface area (Å²) in [5, 5.41) is 10.3. The van der Waals surface area contributed by atoms with Gasteiger partial charge >= 0.3 is 0 Å². The van der Waals surface area contributed by atoms with E-state index in [9.17, 15) is 14.7 Å². The van der Waals surface area contributed by atoms with Gasteiger partial charge in [0, 0.05) is 25.2 Å². The fourth-order valence-corrected chi connectivity index (χ4v) is 3.85. The quantitative estimate of drug-likeness (QED) is 0.923. The van der Waals surface area contributed by atoms with Gasteiger partial charge in [0.1, 0.15) is 0 Å². The molecule has 5 heteroatoms. The number of hydrogen-bond acceptors (Lipinski definition) is 3. The summed E-state index contributed by atoms with van der Waals surface area (Å²) in [4.78, 5) is 28.8. The highest BCUT2D eigenvalue weighted by Crippen LogP contribution is 2.32. The molecule has 3 rings (SSSR count). The molecular weight excluding hydrogens is 304 g/mol. The van der Waals surface area contributed by atoms with Crippen LogP contribution in [0.2, 0.25) is 0 Å². The lowest BCUT2D eigenvalue weighted by Crippen LogP contribution is -2.50. The van der Waals surface area contributed by atoms with Crippen LogP contribution in [-0.2, 0) is 9.59 Å². The van der Waals surface area contributed by atoms with Gasteiger partial charge in [-0.25, -0.2) is 0 Å². The minimum Gasteiger partial charge on any atom is -0.388 e. The average molecular weight is 330 g/mol. The molecule has 0 spiro atoms. The number of aliphatic hydroxyl groups is 1. The van der Waals surface area contributed by atoms with Gasteiger partial charge in [-0.3, -0.25) is 9.59 Å². The van der Waals surface area contributed by atoms with Crippen molar-refractivity contribution >= 4 is 17.5 Å². The zero-order chi connectivity index (χ0) is 17.5. The van der Waals surface area contributed by atoms with Crippen LogP contribution in [-0.4, -0.2) is 46.6 Å². The van der Waals surface area contributed by atoms with Crippen molar-refractivity contribution in [1.82, 2.24) is 4.90 Å². The number of amides is 2. The first-order valence-corrected chi connectivity index (χ1v) is 8.67. The SMILES string of the molecule is Cc1ccc(N2CC(C(=O)N3CCCC3C(C)(C)O)CC2=O)cc1. The molecule has 2 unspecified atom stereocenters. The highest BCUT2D eigenvalue weighted by molar-refractivity contribution is 6.00. The number of carbonyl (C=O) groups excluding carboxylic acids is 2. The lowest BCUT2D eigenvalue weighted by Gasteiger charge is -2.35. The van der Waals surface area contributed by atoms with Crippen LogP contribution in [0.4, 0.5) is 5.69 Å². The van der Waals surface area contributed by atoms with Crippen molar-refractivity contribution in [2.75, 3.05) is 18.0 Å². The molecule has 0 bridgehead atoms. The first kappa shape index (κ1) is 17.0. The summed E-state index contributed by atoms with van der Waals surface area (Å²) >= 11 is 0. The minimum absolute atomic E-state index is 0.00240. The Balaban J connectivity index is 1.73. The van der Waals surface area contributed by atoms with E-state index in [4.69, 9.17) is 0 Å². The lowest BCUT2D eigenvalue weighted by molar-refractivity contribution is -0.141. The van der Waals surface area contributed by atoms with Crippen LogP contribution >= 0.6 is 0 Å². The smallest absolute Gasteiger partial charge is 0.228 e. The summed E-state index contributed by atoms with van der Waals surface area (Å²) in [5.41, 5.74) is 1.08. The van der Waals surface area contributed by atoms with Gasteiger partial charge in [-0.1, -0.05) is 17.7 Å². The summed E-state index contributed by atoms with van der Waals surface area (Å²) in [5.74, 6) is -0.319. The molecule has 1 aromatic rings. The fourth-order valence-electron chi connectivity index (χ4n) is 3.85. The molecule has 2 fully saturated rings. The largest absolute Gasteiger partial charge is 0.388 e. The highest BCUT2D eigenvalue weighted by Gasteiger charge is 2.43. The van der Waals surface area contributed by atoms with E-state index in [2.05, 4.69) is 0 Å². The number of carbonyl (C=O) groups is 2. The third-order valence-corrected chi connectivity index (χ3v) is 5.17. The zero-order valence-corrected chi connectivity index (χ0v) is 14.7. The topological polar surface area (TPSA) is 60.9 Å². The number of hydrogen-bond donors (Lipinski definition) is 1. The Hall–Kier alpha value is -1.88. The van der Waals surface area contributed by atoms with Crippen molar-refractivity contribution in [2.24, 2.45) is 5.92 Å². The van der Waals surface area contributed by atoms with Crippen molar-refractivity contribution < 1.29 is 14.7 Å². The van der Waals surface area contributed by atoms with Gasteiger partial charge in [-0.2, -0.15) is 0 Å². The molecule has 130 valence electrons. The average Bonchev–Trinajstić information content (AvgIpc) is 3.14. The molecule has 2 aliphatic rings. The van der Waals surface area contributed by atoms with E-state index in [1.807, 2.05) is 31.2 Å². The molecule has 1 aromatic carbocycles. The molecule has 2 amide bonds. The van der Waals surface area contributed by atoms with Crippen LogP contribution in [0.15, 0.2) is 24.3 Å². The van der Waals surface area contributed by atoms with E-state index in [0.29, 0.717) is 13.1 Å². The molecule has 0 radical (unpaired) electrons. The number of anilines is 1. The summed E-state index contributed by atoms with van der Waals surface area (Å²) in [6, 6.07) is 7.64. The van der Waals surface area contributed by atoms with Crippen LogP contribution < -0.4 is 4.90 Å². The molecule has 2 saturated heterocycles. The summed E-state index contributed by atoms with van der Waals surface area (Å²) < 4.78 is 0. The van der Waals surface area contributed by atoms with Crippen LogP contribution in [0, 0.1) is 12.8 Å². The molecule has 5 nitrogen and oxygen atoms in total. The fraction of sp³-hybridized carbons (Fsp3) is 0.579. The number of likely N-dealkylation sites (tertiary alicyclic amines) is 1. The van der Waals surface area contributed by atoms with E-state index in [-0.39, 0.29) is 30.2 Å². The predicted octanol–water partition coefficient (Wildman–Crippen LogP) is 2.11. The van der Waals surface area contributed by atoms with Gasteiger partial charge in [-0.15, -0.1) is 0 Å². The van der Waals surface area contributed by atoms with E-state index >= 15 is 0 Å². The highest BCUT2D eigenvalue weighted by atomic mass is 16.3. The number of nitrogens with zero attached hydrogens (tertiary/aromatic N) is 2. The second kappa shape index (κ2) is 6.20. The molecule has 2 aliphatic heterocycles. The molecule has 0 saturated carbocycles. The summed E-state index contributed by atoms with van der Waals surface area (Å²) in [7, 11) is 0. The van der Waals surface area contributed by atoms with Crippen LogP contribution in [0.25, 0.3) is 0 Å². The van der Waals surface area contributed by atoms with Gasteiger partial charge in [0.15, 0.2) is 0 Å². The first-order valence-electron chi connectivity index (χ1n) is 8.67. The standard InChI is InChI=1S/C19H26N2O3/c1-13-6-8-15(9-7-13)21-12-14(11-17(21)22)18(23)20-10-4-5-16(20)19(2,3)24/h6-9,14,16,24H,4-5,10-12H2,1-3H3. The maximum Gasteiger partial charge on any atom is 0.228 e. The first-order chi connectivity index (χ1) is 11.3. The van der Waals surface area contributed by atoms with E-state index < -0.39 is 5.60 Å². The third kappa shape index (κ3) is 3.18. The Labute approximate surface area is 143 Å². The third-order valence-electron chi connectivity index (χ3n) is 5.17. The van der Waals surface area contributed by atoms with Crippen molar-refractivity contribution in [1.29, 1.82) is 0 Å². The Kier molecular flexibility index (Phi) is 4.38. The van der Waals surface area contributed by atoms with E-state index in [1.165, 1.54) is 0 Å². The Morgan fingerprint density at radius 3 is 2.54 bits per heavy atom. The summed E-state index contributed by atoms with van der Waals surface area (Å²) in [6.45, 7) is 6.61. The number of rotatable bonds is 3. The van der Waals surface area contributed by atoms with Crippen molar-refractivity contribution in [3.8, 4) is 0 Å². The molecule has 24 heavy (non-hydrogen) atoms. The molecule has 1 N–H and O–H groups in total. The Bertz CT molecular complexity index is 633. The van der Waals surface area contributed by atoms with Crippen molar-refractivity contribution in [3.63, 3.8) is 0 Å². The van der Waals surface area contributed by atoms with Gasteiger partial charge in [0.05, 0.1) is 17.6 Å². The predicted molar refractivity (Wildman–Crippen MR) is 92.7 cm³/mol. The molecule has 2 heterocycles. The molecular formula is C19H26N2O3. The van der Waals surface area contributed by atoms with Gasteiger partial charge in [-0.05, 0) is 45.7 Å². The van der Waals surface area contributed by atoms with Gasteiger partial charge in [0.25, 0.3) is 0 Å². The second-order valence-electron chi connectivity index (χ2n) is 7.58. The molecule has 0 aromatic heterocycles. The van der Waals surface area contributed by atoms with Gasteiger partial charge in [0.2, 0.25) is 11.8 Å². The Morgan fingerprint density at radius 1 is 1.25 bits per heavy atom. The monoisotopic (exact) mass is 330 g/mol. The second-order valence-corrected chi connectivity index (χ2v) is 7.58. The minimum atomic E-state index is -0.911. The molecule has 0 aliphatic carbocycles. The Morgan fingerprint density at radius 2 is 1.92 bits per heavy atom. The zero-order valence-electron chi connectivity index (χ0n) is 14.7.